The summed E-state index contributed by atoms with van der Waals surface area (Å²) in [7, 11) is -5.15. The van der Waals surface area contributed by atoms with Gasteiger partial charge in [-0.3, -0.25) is 23.7 Å². The van der Waals surface area contributed by atoms with Crippen molar-refractivity contribution in [1.29, 1.82) is 0 Å². The van der Waals surface area contributed by atoms with E-state index in [0.717, 1.165) is 52.9 Å². The molecule has 75 heavy (non-hydrogen) atoms. The van der Waals surface area contributed by atoms with Crippen molar-refractivity contribution in [3.8, 4) is 0 Å². The molecule has 0 aromatic rings. The topological polar surface area (TPSA) is 427 Å². The van der Waals surface area contributed by atoms with Crippen LogP contribution in [0.25, 0.3) is 0 Å². The quantitative estimate of drug-likeness (QED) is 0.0242. The standard InChI is InChI=1S/C46H82N4O24S/c1-5-6-7-8-9-10-11-12-13-14-15-16-17-18-30(57)50-32-36(59)35(58)26(19-51)69-44(32)72-40-27(20-52)70-45(33(38(40)61)48-24(3)55)73-41-28(21-53)71-46(34(39(41)62)49-25(4)56)74-42-29(22-67-75(64,65)66)68-43(63)31(37(42)60)47-23(2)54/h26-29,31-46,51-53,58-63H,5-22H2,1-4H3,(H,47,54)(H,48,55)(H,49,56)(H,50,57)(H,64,65,66)/t26-,27-,28-,29-,31-,32-,33-,34-,35-,36-,37?,38?,39-,40-,41-,42-,43?,44+,45+,46+/m1/s1. The fourth-order valence-corrected chi connectivity index (χ4v) is 9.94. The van der Waals surface area contributed by atoms with Crippen molar-refractivity contribution in [2.45, 2.75) is 240 Å². The van der Waals surface area contributed by atoms with Crippen molar-refractivity contribution in [2.75, 3.05) is 26.4 Å². The molecule has 0 aliphatic carbocycles. The van der Waals surface area contributed by atoms with Gasteiger partial charge in [0.1, 0.15) is 97.4 Å². The van der Waals surface area contributed by atoms with E-state index in [-0.39, 0.29) is 6.42 Å². The molecule has 0 radical (unpaired) electrons. The summed E-state index contributed by atoms with van der Waals surface area (Å²) in [5.41, 5.74) is 0. The first-order chi connectivity index (χ1) is 35.5. The Morgan fingerprint density at radius 1 is 0.467 bits per heavy atom. The molecule has 4 aliphatic rings. The number of aliphatic hydroxyl groups excluding tert-OH is 9. The van der Waals surface area contributed by atoms with E-state index in [1.54, 1.807) is 0 Å². The number of amides is 4. The third kappa shape index (κ3) is 19.5. The van der Waals surface area contributed by atoms with Crippen molar-refractivity contribution in [3.63, 3.8) is 0 Å². The molecule has 20 atom stereocenters. The molecule has 28 nitrogen and oxygen atoms in total. The van der Waals surface area contributed by atoms with Gasteiger partial charge in [-0.05, 0) is 6.42 Å². The van der Waals surface area contributed by atoms with Gasteiger partial charge < -0.3 is 100 Å². The van der Waals surface area contributed by atoms with Crippen LogP contribution in [0.2, 0.25) is 0 Å². The summed E-state index contributed by atoms with van der Waals surface area (Å²) in [6.45, 7) is 1.43. The summed E-state index contributed by atoms with van der Waals surface area (Å²) in [5.74, 6) is -2.90. The first-order valence-electron chi connectivity index (χ1n) is 25.8. The predicted octanol–water partition coefficient (Wildman–Crippen LogP) is -3.89. The molecule has 0 aromatic carbocycles. The minimum absolute atomic E-state index is 0.0409. The number of ether oxygens (including phenoxy) is 7. The molecule has 4 amide bonds. The number of carbonyl (C=O) groups is 4. The zero-order valence-corrected chi connectivity index (χ0v) is 43.7. The van der Waals surface area contributed by atoms with E-state index in [1.165, 1.54) is 44.9 Å². The second-order valence-electron chi connectivity index (χ2n) is 19.5. The number of carbonyl (C=O) groups excluding carboxylic acids is 4. The molecule has 4 aliphatic heterocycles. The maximum Gasteiger partial charge on any atom is 0.397 e. The molecule has 4 fully saturated rings. The fraction of sp³-hybridized carbons (Fsp3) is 0.913. The van der Waals surface area contributed by atoms with Gasteiger partial charge in [0.05, 0.1) is 26.4 Å². The number of unbranched alkanes of at least 4 members (excludes halogenated alkanes) is 12. The first kappa shape index (κ1) is 64.6. The minimum atomic E-state index is -5.15. The Balaban J connectivity index is 1.49. The molecule has 3 unspecified atom stereocenters. The summed E-state index contributed by atoms with van der Waals surface area (Å²) in [5, 5.41) is 109. The second-order valence-corrected chi connectivity index (χ2v) is 20.6. The molecule has 14 N–H and O–H groups in total. The molecule has 29 heteroatoms. The van der Waals surface area contributed by atoms with Crippen LogP contribution in [0.1, 0.15) is 118 Å². The number of aliphatic hydroxyl groups is 9. The van der Waals surface area contributed by atoms with Gasteiger partial charge in [-0.15, -0.1) is 0 Å². The Morgan fingerprint density at radius 2 is 0.827 bits per heavy atom. The highest BCUT2D eigenvalue weighted by Gasteiger charge is 2.56. The number of hydrogen-bond donors (Lipinski definition) is 14. The van der Waals surface area contributed by atoms with E-state index in [4.69, 9.17) is 33.2 Å². The third-order valence-electron chi connectivity index (χ3n) is 13.5. The van der Waals surface area contributed by atoms with Crippen molar-refractivity contribution in [1.82, 2.24) is 21.3 Å². The lowest BCUT2D eigenvalue weighted by molar-refractivity contribution is -0.361. The van der Waals surface area contributed by atoms with Crippen molar-refractivity contribution < 1.29 is 115 Å². The Hall–Kier alpha value is -2.89. The van der Waals surface area contributed by atoms with E-state index >= 15 is 0 Å². The molecule has 4 heterocycles. The third-order valence-corrected chi connectivity index (χ3v) is 13.9. The molecule has 0 bridgehead atoms. The van der Waals surface area contributed by atoms with Gasteiger partial charge in [0.15, 0.2) is 25.2 Å². The summed E-state index contributed by atoms with van der Waals surface area (Å²) in [6, 6.07) is -6.57. The van der Waals surface area contributed by atoms with Gasteiger partial charge in [0.25, 0.3) is 0 Å². The minimum Gasteiger partial charge on any atom is -0.394 e. The largest absolute Gasteiger partial charge is 0.397 e. The highest BCUT2D eigenvalue weighted by molar-refractivity contribution is 7.80. The van der Waals surface area contributed by atoms with Gasteiger partial charge >= 0.3 is 10.4 Å². The first-order valence-corrected chi connectivity index (χ1v) is 27.1. The van der Waals surface area contributed by atoms with Crippen LogP contribution in [0.3, 0.4) is 0 Å². The SMILES string of the molecule is CCCCCCCCCCCCCCCC(=O)N[C@H]1[C@H](O[C@H]2C(O)[C@@H](NC(C)=O)[C@H](O[C@H]3[C@H](O)[C@@H](NC(C)=O)[C@H](O[C@H]4C(O)[C@@H](NC(C)=O)C(O)O[C@@H]4COS(=O)(=O)O)O[C@@H]3CO)O[C@@H]2CO)O[C@H](CO)[C@@H](O)[C@@H]1O. The molecule has 0 aromatic heterocycles. The van der Waals surface area contributed by atoms with Crippen LogP contribution in [0, 0.1) is 0 Å². The zero-order valence-electron chi connectivity index (χ0n) is 42.9. The van der Waals surface area contributed by atoms with E-state index < -0.39 is 183 Å². The number of hydrogen-bond acceptors (Lipinski definition) is 23. The average Bonchev–Trinajstić information content (AvgIpc) is 3.34. The second kappa shape index (κ2) is 31.6. The van der Waals surface area contributed by atoms with Gasteiger partial charge in [-0.2, -0.15) is 8.42 Å². The Morgan fingerprint density at radius 3 is 1.23 bits per heavy atom. The highest BCUT2D eigenvalue weighted by Crippen LogP contribution is 2.35. The molecular formula is C46H82N4O24S. The van der Waals surface area contributed by atoms with Crippen LogP contribution >= 0.6 is 0 Å². The van der Waals surface area contributed by atoms with Gasteiger partial charge in [0, 0.05) is 27.2 Å². The Bertz CT molecular complexity index is 1860. The van der Waals surface area contributed by atoms with E-state index in [2.05, 4.69) is 32.4 Å². The summed E-state index contributed by atoms with van der Waals surface area (Å²) in [6.07, 6.45) is -14.6. The van der Waals surface area contributed by atoms with Crippen LogP contribution in [0.4, 0.5) is 0 Å². The van der Waals surface area contributed by atoms with E-state index in [9.17, 15) is 78.1 Å². The monoisotopic (exact) mass is 1110 g/mol. The highest BCUT2D eigenvalue weighted by atomic mass is 32.3. The Kier molecular flexibility index (Phi) is 27.3. The summed E-state index contributed by atoms with van der Waals surface area (Å²) in [4.78, 5) is 50.5. The molecule has 4 saturated heterocycles. The zero-order chi connectivity index (χ0) is 55.6. The maximum absolute atomic E-state index is 13.3. The van der Waals surface area contributed by atoms with Crippen LogP contribution in [0.15, 0.2) is 0 Å². The van der Waals surface area contributed by atoms with Crippen molar-refractivity contribution in [2.24, 2.45) is 0 Å². The summed E-state index contributed by atoms with van der Waals surface area (Å²) < 4.78 is 77.9. The Labute approximate surface area is 436 Å². The van der Waals surface area contributed by atoms with Crippen LogP contribution in [0.5, 0.6) is 0 Å². The van der Waals surface area contributed by atoms with E-state index in [0.29, 0.717) is 6.42 Å². The van der Waals surface area contributed by atoms with Gasteiger partial charge in [0.2, 0.25) is 23.6 Å². The maximum atomic E-state index is 13.3. The fourth-order valence-electron chi connectivity index (χ4n) is 9.64. The molecule has 0 saturated carbocycles. The smallest absolute Gasteiger partial charge is 0.394 e. The normalized spacial score (nSPS) is 36.3. The van der Waals surface area contributed by atoms with Gasteiger partial charge in [-0.1, -0.05) is 84.0 Å². The lowest BCUT2D eigenvalue weighted by Crippen LogP contribution is -2.71. The molecular weight excluding hydrogens is 1020 g/mol. The molecule has 436 valence electrons. The predicted molar refractivity (Wildman–Crippen MR) is 255 cm³/mol. The number of rotatable bonds is 30. The van der Waals surface area contributed by atoms with E-state index in [1.807, 2.05) is 0 Å². The lowest BCUT2D eigenvalue weighted by atomic mass is 9.93. The van der Waals surface area contributed by atoms with Crippen LogP contribution in [-0.2, 0) is 66.9 Å². The molecule has 4 rings (SSSR count). The average molecular weight is 1110 g/mol. The van der Waals surface area contributed by atoms with Gasteiger partial charge in [-0.25, -0.2) is 4.18 Å². The van der Waals surface area contributed by atoms with Crippen LogP contribution in [-0.4, -0.2) is 232 Å². The lowest BCUT2D eigenvalue weighted by Gasteiger charge is -2.51. The summed E-state index contributed by atoms with van der Waals surface area (Å²) >= 11 is 0. The van der Waals surface area contributed by atoms with Crippen molar-refractivity contribution >= 4 is 34.0 Å². The van der Waals surface area contributed by atoms with Crippen LogP contribution < -0.4 is 21.3 Å². The number of nitrogens with one attached hydrogen (secondary N) is 4. The molecule has 0 spiro atoms. The van der Waals surface area contributed by atoms with Crippen molar-refractivity contribution in [3.05, 3.63) is 0 Å².